The van der Waals surface area contributed by atoms with Crippen molar-refractivity contribution in [3.8, 4) is 5.75 Å². The average molecular weight is 358 g/mol. The van der Waals surface area contributed by atoms with Gasteiger partial charge in [-0.3, -0.25) is 0 Å². The highest BCUT2D eigenvalue weighted by molar-refractivity contribution is 9.10. The first-order chi connectivity index (χ1) is 9.83. The van der Waals surface area contributed by atoms with Gasteiger partial charge in [0, 0.05) is 10.5 Å². The van der Waals surface area contributed by atoms with E-state index in [1.165, 1.54) is 0 Å². The molecule has 0 heterocycles. The molecule has 1 aromatic carbocycles. The van der Waals surface area contributed by atoms with Gasteiger partial charge in [0.25, 0.3) is 0 Å². The van der Waals surface area contributed by atoms with Crippen LogP contribution in [0.5, 0.6) is 5.75 Å². The summed E-state index contributed by atoms with van der Waals surface area (Å²) >= 11 is 3.48. The Labute approximate surface area is 135 Å². The van der Waals surface area contributed by atoms with Gasteiger partial charge in [0.2, 0.25) is 0 Å². The monoisotopic (exact) mass is 357 g/mol. The largest absolute Gasteiger partial charge is 0.481 e. The molecule has 2 N–H and O–H groups in total. The highest BCUT2D eigenvalue weighted by Gasteiger charge is 2.14. The zero-order valence-corrected chi connectivity index (χ0v) is 14.7. The molecule has 0 aliphatic rings. The Morgan fingerprint density at radius 2 is 2.05 bits per heavy atom. The van der Waals surface area contributed by atoms with Crippen molar-refractivity contribution in [1.29, 1.82) is 0 Å². The van der Waals surface area contributed by atoms with Crippen molar-refractivity contribution < 1.29 is 14.3 Å². The first-order valence-corrected chi connectivity index (χ1v) is 7.99. The summed E-state index contributed by atoms with van der Waals surface area (Å²) in [6.07, 6.45) is 1.46. The Bertz CT molecular complexity index is 489. The van der Waals surface area contributed by atoms with Crippen molar-refractivity contribution in [3.05, 3.63) is 27.7 Å². The summed E-state index contributed by atoms with van der Waals surface area (Å²) in [5.41, 5.74) is 8.01. The van der Waals surface area contributed by atoms with Gasteiger partial charge in [-0.1, -0.05) is 22.9 Å². The molecule has 0 fully saturated rings. The maximum absolute atomic E-state index is 11.6. The van der Waals surface area contributed by atoms with Gasteiger partial charge >= 0.3 is 5.97 Å². The highest BCUT2D eigenvalue weighted by atomic mass is 79.9. The molecule has 21 heavy (non-hydrogen) atoms. The highest BCUT2D eigenvalue weighted by Crippen LogP contribution is 2.29. The summed E-state index contributed by atoms with van der Waals surface area (Å²) in [6.45, 7) is 7.54. The molecule has 4 nitrogen and oxygen atoms in total. The van der Waals surface area contributed by atoms with E-state index >= 15 is 0 Å². The van der Waals surface area contributed by atoms with Crippen LogP contribution in [0.4, 0.5) is 0 Å². The van der Waals surface area contributed by atoms with E-state index in [0.29, 0.717) is 6.42 Å². The van der Waals surface area contributed by atoms with E-state index in [1.807, 2.05) is 32.9 Å². The van der Waals surface area contributed by atoms with Crippen LogP contribution in [0.25, 0.3) is 0 Å². The lowest BCUT2D eigenvalue weighted by atomic mass is 10.0. The predicted molar refractivity (Wildman–Crippen MR) is 87.6 cm³/mol. The maximum atomic E-state index is 11.6. The molecule has 1 atom stereocenters. The fraction of sp³-hybridized carbons (Fsp3) is 0.562. The second-order valence-corrected chi connectivity index (χ2v) is 6.33. The van der Waals surface area contributed by atoms with Crippen molar-refractivity contribution in [2.24, 2.45) is 5.73 Å². The van der Waals surface area contributed by atoms with Gasteiger partial charge < -0.3 is 15.2 Å². The van der Waals surface area contributed by atoms with E-state index in [9.17, 15) is 4.79 Å². The van der Waals surface area contributed by atoms with Gasteiger partial charge in [0.05, 0.1) is 6.10 Å². The van der Waals surface area contributed by atoms with Crippen LogP contribution < -0.4 is 10.5 Å². The molecule has 0 aliphatic carbocycles. The first-order valence-electron chi connectivity index (χ1n) is 7.20. The summed E-state index contributed by atoms with van der Waals surface area (Å²) in [5, 5.41) is 0. The smallest absolute Gasteiger partial charge is 0.344 e. The molecule has 0 saturated heterocycles. The van der Waals surface area contributed by atoms with Crippen LogP contribution in [0.3, 0.4) is 0 Å². The molecule has 1 rings (SSSR count). The molecule has 0 amide bonds. The Hall–Kier alpha value is -1.07. The summed E-state index contributed by atoms with van der Waals surface area (Å²) in [7, 11) is 0. The van der Waals surface area contributed by atoms with Crippen molar-refractivity contribution in [1.82, 2.24) is 0 Å². The maximum Gasteiger partial charge on any atom is 0.344 e. The molecule has 0 bridgehead atoms. The van der Waals surface area contributed by atoms with Crippen molar-refractivity contribution in [2.45, 2.75) is 52.7 Å². The molecule has 0 saturated carbocycles. The lowest BCUT2D eigenvalue weighted by Gasteiger charge is -2.17. The summed E-state index contributed by atoms with van der Waals surface area (Å²) in [4.78, 5) is 11.6. The molecule has 118 valence electrons. The number of hydrogen-bond donors (Lipinski definition) is 1. The van der Waals surface area contributed by atoms with E-state index in [-0.39, 0.29) is 24.7 Å². The summed E-state index contributed by atoms with van der Waals surface area (Å²) < 4.78 is 11.7. The second kappa shape index (κ2) is 8.39. The molecule has 1 unspecified atom stereocenters. The minimum absolute atomic E-state index is 0.0728. The Morgan fingerprint density at radius 3 is 2.62 bits per heavy atom. The number of ether oxygens (including phenoxy) is 2. The van der Waals surface area contributed by atoms with E-state index < -0.39 is 0 Å². The van der Waals surface area contributed by atoms with E-state index in [1.54, 1.807) is 0 Å². The van der Waals surface area contributed by atoms with Crippen LogP contribution in [0.1, 0.15) is 38.3 Å². The van der Waals surface area contributed by atoms with Crippen LogP contribution >= 0.6 is 15.9 Å². The number of nitrogens with two attached hydrogens (primary N) is 1. The minimum Gasteiger partial charge on any atom is -0.481 e. The molecule has 0 radical (unpaired) electrons. The third kappa shape index (κ3) is 6.06. The number of aryl methyl sites for hydroxylation is 1. The molecule has 5 heteroatoms. The quantitative estimate of drug-likeness (QED) is 0.760. The van der Waals surface area contributed by atoms with Crippen molar-refractivity contribution in [2.75, 3.05) is 6.61 Å². The van der Waals surface area contributed by atoms with Crippen LogP contribution in [-0.2, 0) is 16.0 Å². The fourth-order valence-corrected chi connectivity index (χ4v) is 2.63. The lowest BCUT2D eigenvalue weighted by molar-refractivity contribution is -0.149. The third-order valence-corrected chi connectivity index (χ3v) is 3.48. The Balaban J connectivity index is 2.86. The number of halogens is 1. The second-order valence-electron chi connectivity index (χ2n) is 5.41. The molecular formula is C16H24BrNO3. The topological polar surface area (TPSA) is 61.5 Å². The minimum atomic E-state index is -0.363. The number of hydrogen-bond acceptors (Lipinski definition) is 4. The van der Waals surface area contributed by atoms with E-state index in [4.69, 9.17) is 15.2 Å². The van der Waals surface area contributed by atoms with Crippen molar-refractivity contribution in [3.63, 3.8) is 0 Å². The zero-order chi connectivity index (χ0) is 16.0. The van der Waals surface area contributed by atoms with Gasteiger partial charge in [-0.05, 0) is 56.9 Å². The van der Waals surface area contributed by atoms with Gasteiger partial charge in [0.1, 0.15) is 5.75 Å². The van der Waals surface area contributed by atoms with Crippen LogP contribution in [-0.4, -0.2) is 24.7 Å². The first kappa shape index (κ1) is 18.0. The van der Waals surface area contributed by atoms with Gasteiger partial charge in [-0.25, -0.2) is 4.79 Å². The molecule has 1 aromatic rings. The Morgan fingerprint density at radius 1 is 1.38 bits per heavy atom. The van der Waals surface area contributed by atoms with Gasteiger partial charge in [0.15, 0.2) is 6.61 Å². The standard InChI is InChI=1S/C16H24BrNO3/c1-5-14(18)8-12-7-13(17)6-11(4)16(12)20-9-15(19)21-10(2)3/h6-7,10,14H,5,8-9,18H2,1-4H3. The van der Waals surface area contributed by atoms with Gasteiger partial charge in [-0.15, -0.1) is 0 Å². The summed E-state index contributed by atoms with van der Waals surface area (Å²) in [6, 6.07) is 4.03. The molecule has 0 aliphatic heterocycles. The van der Waals surface area contributed by atoms with E-state index in [0.717, 1.165) is 27.8 Å². The number of benzene rings is 1. The summed E-state index contributed by atoms with van der Waals surface area (Å²) in [5.74, 6) is 0.362. The lowest BCUT2D eigenvalue weighted by Crippen LogP contribution is -2.23. The van der Waals surface area contributed by atoms with Crippen LogP contribution in [0.2, 0.25) is 0 Å². The molecule has 0 aromatic heterocycles. The predicted octanol–water partition coefficient (Wildman–Crippen LogP) is 3.37. The van der Waals surface area contributed by atoms with Crippen molar-refractivity contribution >= 4 is 21.9 Å². The van der Waals surface area contributed by atoms with Crippen LogP contribution in [0.15, 0.2) is 16.6 Å². The number of carbonyl (C=O) groups is 1. The normalized spacial score (nSPS) is 12.3. The third-order valence-electron chi connectivity index (χ3n) is 3.02. The Kier molecular flexibility index (Phi) is 7.18. The molecular weight excluding hydrogens is 334 g/mol. The number of carbonyl (C=O) groups excluding carboxylic acids is 1. The van der Waals surface area contributed by atoms with E-state index in [2.05, 4.69) is 22.9 Å². The average Bonchev–Trinajstić information content (AvgIpc) is 2.36. The number of esters is 1. The van der Waals surface area contributed by atoms with Crippen LogP contribution in [0, 0.1) is 6.92 Å². The molecule has 0 spiro atoms. The fourth-order valence-electron chi connectivity index (χ4n) is 2.01. The number of rotatable bonds is 7. The SMILES string of the molecule is CCC(N)Cc1cc(Br)cc(C)c1OCC(=O)OC(C)C. The zero-order valence-electron chi connectivity index (χ0n) is 13.1. The van der Waals surface area contributed by atoms with Gasteiger partial charge in [-0.2, -0.15) is 0 Å².